The van der Waals surface area contributed by atoms with Crippen molar-refractivity contribution in [3.8, 4) is 23.3 Å². The highest BCUT2D eigenvalue weighted by molar-refractivity contribution is 6.30. The lowest BCUT2D eigenvalue weighted by Gasteiger charge is -2.11. The normalized spacial score (nSPS) is 10.8. The quantitative estimate of drug-likeness (QED) is 0.222. The van der Waals surface area contributed by atoms with Gasteiger partial charge in [-0.25, -0.2) is 4.79 Å². The summed E-state index contributed by atoms with van der Waals surface area (Å²) in [6, 6.07) is 23.2. The number of ether oxygens (including phenoxy) is 3. The molecule has 150 valence electrons. The van der Waals surface area contributed by atoms with E-state index in [0.717, 1.165) is 11.1 Å². The Hall–Kier alpha value is -3.75. The van der Waals surface area contributed by atoms with Crippen LogP contribution in [0.4, 0.5) is 0 Å². The Morgan fingerprint density at radius 3 is 2.43 bits per heavy atom. The lowest BCUT2D eigenvalue weighted by atomic mass is 10.0. The van der Waals surface area contributed by atoms with Crippen molar-refractivity contribution in [1.82, 2.24) is 0 Å². The molecule has 0 aromatic heterocycles. The van der Waals surface area contributed by atoms with Crippen LogP contribution in [0.3, 0.4) is 0 Å². The Bertz CT molecular complexity index is 1090. The van der Waals surface area contributed by atoms with Gasteiger partial charge in [0.25, 0.3) is 0 Å². The number of benzene rings is 3. The third-order valence-corrected chi connectivity index (χ3v) is 4.35. The minimum absolute atomic E-state index is 0.232. The number of nitrogens with zero attached hydrogens (tertiary/aromatic N) is 1. The van der Waals surface area contributed by atoms with Crippen molar-refractivity contribution in [2.75, 3.05) is 13.7 Å². The van der Waals surface area contributed by atoms with Crippen molar-refractivity contribution in [2.45, 2.75) is 0 Å². The molecule has 0 aliphatic carbocycles. The smallest absolute Gasteiger partial charge is 0.349 e. The highest BCUT2D eigenvalue weighted by Gasteiger charge is 2.12. The fourth-order valence-corrected chi connectivity index (χ4v) is 2.77. The standard InChI is InChI=1S/C24H18ClNO4/c1-28-23-14-17(13-19(15-26)18-8-10-20(25)11-9-18)7-12-22(23)30-24(27)16-29-21-5-3-2-4-6-21/h2-14H,16H2,1H3/b19-13-. The number of methoxy groups -OCH3 is 1. The lowest BCUT2D eigenvalue weighted by molar-refractivity contribution is -0.136. The molecule has 0 atom stereocenters. The van der Waals surface area contributed by atoms with Gasteiger partial charge in [0.15, 0.2) is 18.1 Å². The molecule has 0 spiro atoms. The van der Waals surface area contributed by atoms with Crippen molar-refractivity contribution in [1.29, 1.82) is 5.26 Å². The SMILES string of the molecule is COc1cc(/C=C(/C#N)c2ccc(Cl)cc2)ccc1OC(=O)COc1ccccc1. The second kappa shape index (κ2) is 10.1. The molecule has 6 heteroatoms. The van der Waals surface area contributed by atoms with E-state index < -0.39 is 5.97 Å². The first-order chi connectivity index (χ1) is 14.6. The summed E-state index contributed by atoms with van der Waals surface area (Å²) in [6.45, 7) is -0.232. The molecule has 3 rings (SSSR count). The fourth-order valence-electron chi connectivity index (χ4n) is 2.65. The summed E-state index contributed by atoms with van der Waals surface area (Å²) in [7, 11) is 1.48. The van der Waals surface area contributed by atoms with E-state index in [1.807, 2.05) is 18.2 Å². The van der Waals surface area contributed by atoms with Gasteiger partial charge in [0.05, 0.1) is 18.8 Å². The molecule has 0 heterocycles. The van der Waals surface area contributed by atoms with Crippen LogP contribution in [0.15, 0.2) is 72.8 Å². The topological polar surface area (TPSA) is 68.5 Å². The molecule has 0 N–H and O–H groups in total. The number of halogens is 1. The van der Waals surface area contributed by atoms with Gasteiger partial charge in [-0.05, 0) is 53.6 Å². The summed E-state index contributed by atoms with van der Waals surface area (Å²) in [5.74, 6) is 0.652. The molecule has 0 aliphatic heterocycles. The van der Waals surface area contributed by atoms with E-state index in [9.17, 15) is 10.1 Å². The zero-order valence-corrected chi connectivity index (χ0v) is 16.9. The molecular weight excluding hydrogens is 402 g/mol. The number of rotatable bonds is 7. The van der Waals surface area contributed by atoms with Crippen molar-refractivity contribution in [2.24, 2.45) is 0 Å². The number of hydrogen-bond donors (Lipinski definition) is 0. The maximum atomic E-state index is 12.1. The summed E-state index contributed by atoms with van der Waals surface area (Å²) in [5, 5.41) is 10.1. The number of nitriles is 1. The van der Waals surface area contributed by atoms with E-state index in [-0.39, 0.29) is 12.4 Å². The minimum atomic E-state index is -0.556. The van der Waals surface area contributed by atoms with Gasteiger partial charge in [0.1, 0.15) is 5.75 Å². The van der Waals surface area contributed by atoms with Crippen LogP contribution in [0.25, 0.3) is 11.6 Å². The van der Waals surface area contributed by atoms with Crippen molar-refractivity contribution in [3.63, 3.8) is 0 Å². The molecule has 5 nitrogen and oxygen atoms in total. The van der Waals surface area contributed by atoms with E-state index in [1.165, 1.54) is 7.11 Å². The molecule has 30 heavy (non-hydrogen) atoms. The number of allylic oxidation sites excluding steroid dienone is 1. The molecule has 3 aromatic rings. The summed E-state index contributed by atoms with van der Waals surface area (Å²) in [5.41, 5.74) is 1.93. The zero-order valence-electron chi connectivity index (χ0n) is 16.2. The van der Waals surface area contributed by atoms with Crippen LogP contribution in [0.5, 0.6) is 17.2 Å². The van der Waals surface area contributed by atoms with Crippen molar-refractivity contribution < 1.29 is 19.0 Å². The van der Waals surface area contributed by atoms with E-state index in [2.05, 4.69) is 6.07 Å². The summed E-state index contributed by atoms with van der Waals surface area (Å²) >= 11 is 5.91. The summed E-state index contributed by atoms with van der Waals surface area (Å²) in [4.78, 5) is 12.1. The minimum Gasteiger partial charge on any atom is -0.493 e. The Balaban J connectivity index is 1.73. The van der Waals surface area contributed by atoms with Crippen LogP contribution >= 0.6 is 11.6 Å². The van der Waals surface area contributed by atoms with Crippen molar-refractivity contribution >= 4 is 29.2 Å². The number of carbonyl (C=O) groups excluding carboxylic acids is 1. The maximum absolute atomic E-state index is 12.1. The first-order valence-electron chi connectivity index (χ1n) is 9.03. The van der Waals surface area contributed by atoms with Gasteiger partial charge in [0, 0.05) is 5.02 Å². The molecule has 0 saturated heterocycles. The average Bonchev–Trinajstić information content (AvgIpc) is 2.78. The van der Waals surface area contributed by atoms with Crippen LogP contribution < -0.4 is 14.2 Å². The van der Waals surface area contributed by atoms with Gasteiger partial charge in [-0.2, -0.15) is 5.26 Å². The monoisotopic (exact) mass is 419 g/mol. The van der Waals surface area contributed by atoms with E-state index in [4.69, 9.17) is 25.8 Å². The molecule has 0 radical (unpaired) electrons. The third kappa shape index (κ3) is 5.63. The summed E-state index contributed by atoms with van der Waals surface area (Å²) < 4.78 is 16.1. The van der Waals surface area contributed by atoms with E-state index >= 15 is 0 Å². The molecule has 0 aliphatic rings. The van der Waals surface area contributed by atoms with Crippen molar-refractivity contribution in [3.05, 3.63) is 88.9 Å². The van der Waals surface area contributed by atoms with Gasteiger partial charge < -0.3 is 14.2 Å². The Labute approximate surface area is 179 Å². The molecule has 0 fully saturated rings. The van der Waals surface area contributed by atoms with Gasteiger partial charge in [-0.3, -0.25) is 0 Å². The average molecular weight is 420 g/mol. The number of esters is 1. The molecule has 0 bridgehead atoms. The molecule has 3 aromatic carbocycles. The highest BCUT2D eigenvalue weighted by atomic mass is 35.5. The lowest BCUT2D eigenvalue weighted by Crippen LogP contribution is -2.18. The second-order valence-corrected chi connectivity index (χ2v) is 6.60. The fraction of sp³-hybridized carbons (Fsp3) is 0.0833. The molecule has 0 saturated carbocycles. The Morgan fingerprint density at radius 1 is 1.03 bits per heavy atom. The van der Waals surface area contributed by atoms with Crippen LogP contribution in [0.1, 0.15) is 11.1 Å². The molecular formula is C24H18ClNO4. The third-order valence-electron chi connectivity index (χ3n) is 4.10. The molecule has 0 amide bonds. The van der Waals surface area contributed by atoms with Crippen LogP contribution in [0, 0.1) is 11.3 Å². The molecule has 0 unspecified atom stereocenters. The van der Waals surface area contributed by atoms with Crippen LogP contribution in [-0.4, -0.2) is 19.7 Å². The maximum Gasteiger partial charge on any atom is 0.349 e. The Kier molecular flexibility index (Phi) is 7.09. The predicted octanol–water partition coefficient (Wildman–Crippen LogP) is 5.40. The van der Waals surface area contributed by atoms with E-state index in [0.29, 0.717) is 22.1 Å². The number of para-hydroxylation sites is 1. The highest BCUT2D eigenvalue weighted by Crippen LogP contribution is 2.30. The van der Waals surface area contributed by atoms with E-state index in [1.54, 1.807) is 60.7 Å². The van der Waals surface area contributed by atoms with Gasteiger partial charge >= 0.3 is 5.97 Å². The van der Waals surface area contributed by atoms with Crippen LogP contribution in [-0.2, 0) is 4.79 Å². The summed E-state index contributed by atoms with van der Waals surface area (Å²) in [6.07, 6.45) is 1.72. The Morgan fingerprint density at radius 2 is 1.77 bits per heavy atom. The largest absolute Gasteiger partial charge is 0.493 e. The van der Waals surface area contributed by atoms with Gasteiger partial charge in [0.2, 0.25) is 0 Å². The second-order valence-electron chi connectivity index (χ2n) is 6.16. The van der Waals surface area contributed by atoms with Gasteiger partial charge in [-0.15, -0.1) is 0 Å². The number of hydrogen-bond acceptors (Lipinski definition) is 5. The zero-order chi connectivity index (χ0) is 21.3. The first kappa shape index (κ1) is 21.0. The first-order valence-corrected chi connectivity index (χ1v) is 9.41. The number of carbonyl (C=O) groups is 1. The predicted molar refractivity (Wildman–Crippen MR) is 116 cm³/mol. The van der Waals surface area contributed by atoms with Crippen LogP contribution in [0.2, 0.25) is 5.02 Å². The van der Waals surface area contributed by atoms with Gasteiger partial charge in [-0.1, -0.05) is 48.0 Å².